The molecule has 0 aromatic heterocycles. The van der Waals surface area contributed by atoms with Gasteiger partial charge >= 0.3 is 5.97 Å². The summed E-state index contributed by atoms with van der Waals surface area (Å²) in [4.78, 5) is 10.7. The van der Waals surface area contributed by atoms with Gasteiger partial charge in [-0.25, -0.2) is 13.2 Å². The van der Waals surface area contributed by atoms with Gasteiger partial charge in [0.15, 0.2) is 0 Å². The first-order valence-electron chi connectivity index (χ1n) is 6.56. The number of nitrogens with zero attached hydrogens (tertiary/aromatic N) is 1. The average molecular weight is 307 g/mol. The summed E-state index contributed by atoms with van der Waals surface area (Å²) in [5, 5.41) is 8.56. The molecule has 0 aliphatic carbocycles. The van der Waals surface area contributed by atoms with E-state index in [0.717, 1.165) is 12.5 Å². The Balaban J connectivity index is 2.19. The third kappa shape index (κ3) is 3.80. The number of aliphatic carboxylic acids is 1. The minimum atomic E-state index is -3.49. The maximum Gasteiger partial charge on any atom is 0.328 e. The second-order valence-corrected chi connectivity index (χ2v) is 6.84. The quantitative estimate of drug-likeness (QED) is 0.683. The Hall–Kier alpha value is -1.92. The molecule has 2 rings (SSSR count). The van der Waals surface area contributed by atoms with Gasteiger partial charge in [0.05, 0.1) is 4.90 Å². The highest BCUT2D eigenvalue weighted by Crippen LogP contribution is 2.20. The van der Waals surface area contributed by atoms with Crippen molar-refractivity contribution in [3.05, 3.63) is 47.6 Å². The number of carboxylic acids is 1. The van der Waals surface area contributed by atoms with Gasteiger partial charge in [-0.15, -0.1) is 0 Å². The molecule has 0 fully saturated rings. The smallest absolute Gasteiger partial charge is 0.328 e. The minimum Gasteiger partial charge on any atom is -0.478 e. The first-order valence-corrected chi connectivity index (χ1v) is 8.00. The second-order valence-electron chi connectivity index (χ2n) is 4.90. The zero-order valence-electron chi connectivity index (χ0n) is 11.7. The molecule has 1 N–H and O–H groups in total. The average Bonchev–Trinajstić information content (AvgIpc) is 2.46. The van der Waals surface area contributed by atoms with Gasteiger partial charge in [-0.05, 0) is 37.1 Å². The van der Waals surface area contributed by atoms with E-state index in [0.29, 0.717) is 18.7 Å². The van der Waals surface area contributed by atoms with Crippen molar-refractivity contribution < 1.29 is 18.3 Å². The van der Waals surface area contributed by atoms with Crippen molar-refractivity contribution >= 4 is 22.1 Å². The number of rotatable bonds is 4. The molecule has 0 saturated heterocycles. The van der Waals surface area contributed by atoms with Crippen LogP contribution in [0.5, 0.6) is 0 Å². The van der Waals surface area contributed by atoms with Crippen molar-refractivity contribution in [1.82, 2.24) is 4.31 Å². The van der Waals surface area contributed by atoms with Gasteiger partial charge in [-0.3, -0.25) is 0 Å². The largest absolute Gasteiger partial charge is 0.478 e. The lowest BCUT2D eigenvalue weighted by Gasteiger charge is -2.24. The van der Waals surface area contributed by atoms with E-state index in [1.807, 2.05) is 13.0 Å². The first kappa shape index (κ1) is 15.5. The fourth-order valence-corrected chi connectivity index (χ4v) is 3.42. The number of carboxylic acid groups (broad SMARTS) is 1. The molecule has 5 nitrogen and oxygen atoms in total. The van der Waals surface area contributed by atoms with E-state index in [-0.39, 0.29) is 4.90 Å². The molecule has 0 unspecified atom stereocenters. The molecule has 1 aliphatic rings. The first-order chi connectivity index (χ1) is 9.89. The van der Waals surface area contributed by atoms with Crippen molar-refractivity contribution in [3.8, 4) is 0 Å². The van der Waals surface area contributed by atoms with Crippen molar-refractivity contribution in [1.29, 1.82) is 0 Å². The van der Waals surface area contributed by atoms with E-state index >= 15 is 0 Å². The Labute approximate surface area is 124 Å². The molecule has 0 atom stereocenters. The molecule has 6 heteroatoms. The summed E-state index contributed by atoms with van der Waals surface area (Å²) in [5.41, 5.74) is 1.85. The van der Waals surface area contributed by atoms with Crippen LogP contribution in [0.1, 0.15) is 18.9 Å². The van der Waals surface area contributed by atoms with E-state index in [4.69, 9.17) is 5.11 Å². The molecule has 0 amide bonds. The van der Waals surface area contributed by atoms with Crippen LogP contribution in [0.15, 0.2) is 46.9 Å². The molecule has 21 heavy (non-hydrogen) atoms. The topological polar surface area (TPSA) is 74.7 Å². The molecular weight excluding hydrogens is 290 g/mol. The Bertz CT molecular complexity index is 687. The van der Waals surface area contributed by atoms with Crippen LogP contribution in [0.3, 0.4) is 0 Å². The Morgan fingerprint density at radius 3 is 2.48 bits per heavy atom. The maximum atomic E-state index is 12.5. The Morgan fingerprint density at radius 2 is 1.95 bits per heavy atom. The molecule has 0 spiro atoms. The lowest BCUT2D eigenvalue weighted by atomic mass is 10.1. The summed E-state index contributed by atoms with van der Waals surface area (Å²) in [5.74, 6) is -1.04. The molecule has 1 aromatic rings. The summed E-state index contributed by atoms with van der Waals surface area (Å²) >= 11 is 0. The van der Waals surface area contributed by atoms with Crippen LogP contribution >= 0.6 is 0 Å². The number of benzene rings is 1. The van der Waals surface area contributed by atoms with Crippen LogP contribution in [0.4, 0.5) is 0 Å². The molecule has 112 valence electrons. The molecule has 1 aliphatic heterocycles. The minimum absolute atomic E-state index is 0.225. The number of hydrogen-bond donors (Lipinski definition) is 1. The highest BCUT2D eigenvalue weighted by molar-refractivity contribution is 7.89. The fraction of sp³-hybridized carbons (Fsp3) is 0.267. The molecule has 1 heterocycles. The third-order valence-electron chi connectivity index (χ3n) is 3.34. The van der Waals surface area contributed by atoms with Crippen molar-refractivity contribution in [2.75, 3.05) is 13.1 Å². The van der Waals surface area contributed by atoms with Gasteiger partial charge < -0.3 is 5.11 Å². The summed E-state index contributed by atoms with van der Waals surface area (Å²) in [6.07, 6.45) is 5.11. The third-order valence-corrected chi connectivity index (χ3v) is 5.21. The normalized spacial score (nSPS) is 16.9. The van der Waals surface area contributed by atoms with Crippen LogP contribution in [0.2, 0.25) is 0 Å². The Morgan fingerprint density at radius 1 is 1.29 bits per heavy atom. The summed E-state index contributed by atoms with van der Waals surface area (Å²) in [6.45, 7) is 2.88. The SMILES string of the molecule is CC1=CCN(S(=O)(=O)c2ccc(/C=C/C(=O)O)cc2)CC1. The van der Waals surface area contributed by atoms with Gasteiger partial charge in [0.1, 0.15) is 0 Å². The van der Waals surface area contributed by atoms with Gasteiger partial charge in [0.2, 0.25) is 10.0 Å². The predicted molar refractivity (Wildman–Crippen MR) is 80.2 cm³/mol. The molecule has 0 bridgehead atoms. The lowest BCUT2D eigenvalue weighted by Crippen LogP contribution is -2.34. The summed E-state index contributed by atoms with van der Waals surface area (Å²) in [6, 6.07) is 6.19. The monoisotopic (exact) mass is 307 g/mol. The lowest BCUT2D eigenvalue weighted by molar-refractivity contribution is -0.131. The van der Waals surface area contributed by atoms with E-state index in [1.165, 1.54) is 28.1 Å². The van der Waals surface area contributed by atoms with Crippen molar-refractivity contribution in [3.63, 3.8) is 0 Å². The number of sulfonamides is 1. The van der Waals surface area contributed by atoms with E-state index in [9.17, 15) is 13.2 Å². The number of carbonyl (C=O) groups is 1. The zero-order chi connectivity index (χ0) is 15.5. The van der Waals surface area contributed by atoms with Crippen LogP contribution in [-0.2, 0) is 14.8 Å². The summed E-state index contributed by atoms with van der Waals surface area (Å²) in [7, 11) is -3.49. The zero-order valence-corrected chi connectivity index (χ0v) is 12.5. The van der Waals surface area contributed by atoms with Crippen molar-refractivity contribution in [2.24, 2.45) is 0 Å². The highest BCUT2D eigenvalue weighted by atomic mass is 32.2. The molecule has 0 radical (unpaired) electrons. The second kappa shape index (κ2) is 6.24. The predicted octanol–water partition coefficient (Wildman–Crippen LogP) is 2.13. The van der Waals surface area contributed by atoms with E-state index in [1.54, 1.807) is 12.1 Å². The maximum absolute atomic E-state index is 12.5. The fourth-order valence-electron chi connectivity index (χ4n) is 2.04. The van der Waals surface area contributed by atoms with E-state index in [2.05, 4.69) is 0 Å². The standard InChI is InChI=1S/C15H17NO4S/c1-12-8-10-16(11-9-12)21(19,20)14-5-2-13(3-6-14)4-7-15(17)18/h2-8H,9-11H2,1H3,(H,17,18)/b7-4+. The van der Waals surface area contributed by atoms with Crippen LogP contribution in [0, 0.1) is 0 Å². The highest BCUT2D eigenvalue weighted by Gasteiger charge is 2.25. The Kier molecular flexibility index (Phi) is 4.59. The van der Waals surface area contributed by atoms with Crippen LogP contribution in [0.25, 0.3) is 6.08 Å². The van der Waals surface area contributed by atoms with Gasteiger partial charge in [-0.2, -0.15) is 4.31 Å². The van der Waals surface area contributed by atoms with Crippen molar-refractivity contribution in [2.45, 2.75) is 18.2 Å². The molecule has 0 saturated carbocycles. The number of hydrogen-bond acceptors (Lipinski definition) is 3. The molecular formula is C15H17NO4S. The summed E-state index contributed by atoms with van der Waals surface area (Å²) < 4.78 is 26.4. The van der Waals surface area contributed by atoms with Gasteiger partial charge in [0, 0.05) is 19.2 Å². The molecule has 1 aromatic carbocycles. The van der Waals surface area contributed by atoms with Gasteiger partial charge in [0.25, 0.3) is 0 Å². The van der Waals surface area contributed by atoms with Gasteiger partial charge in [-0.1, -0.05) is 23.8 Å². The van der Waals surface area contributed by atoms with E-state index < -0.39 is 16.0 Å². The van der Waals surface area contributed by atoms with Crippen LogP contribution in [-0.4, -0.2) is 36.9 Å². The van der Waals surface area contributed by atoms with Crippen LogP contribution < -0.4 is 0 Å².